The highest BCUT2D eigenvalue weighted by molar-refractivity contribution is 7.23. The van der Waals surface area contributed by atoms with Crippen LogP contribution in [0.5, 0.6) is 11.5 Å². The zero-order valence-electron chi connectivity index (χ0n) is 15.8. The first kappa shape index (κ1) is 19.2. The summed E-state index contributed by atoms with van der Waals surface area (Å²) in [7, 11) is 1.49. The van der Waals surface area contributed by atoms with Gasteiger partial charge in [0.1, 0.15) is 17.9 Å². The number of ether oxygens (including phenoxy) is 1. The van der Waals surface area contributed by atoms with Crippen LogP contribution < -0.4 is 15.9 Å². The lowest BCUT2D eigenvalue weighted by atomic mass is 10.1. The van der Waals surface area contributed by atoms with Crippen molar-refractivity contribution in [3.8, 4) is 28.0 Å². The van der Waals surface area contributed by atoms with E-state index in [1.807, 2.05) is 12.1 Å². The van der Waals surface area contributed by atoms with Gasteiger partial charge in [0.15, 0.2) is 17.3 Å². The lowest BCUT2D eigenvalue weighted by Crippen LogP contribution is -1.95. The molecule has 0 saturated carbocycles. The number of methoxy groups -OCH3 is 1. The maximum atomic E-state index is 9.87. The fourth-order valence-corrected chi connectivity index (χ4v) is 4.03. The summed E-state index contributed by atoms with van der Waals surface area (Å²) in [5.74, 6) is 0.892. The van der Waals surface area contributed by atoms with Crippen LogP contribution in [0.25, 0.3) is 20.7 Å². The summed E-state index contributed by atoms with van der Waals surface area (Å²) >= 11 is 1.41. The van der Waals surface area contributed by atoms with Gasteiger partial charge < -0.3 is 15.6 Å². The van der Waals surface area contributed by atoms with Crippen LogP contribution in [0.3, 0.4) is 0 Å². The Morgan fingerprint density at radius 3 is 2.73 bits per heavy atom. The van der Waals surface area contributed by atoms with E-state index in [0.717, 1.165) is 15.1 Å². The van der Waals surface area contributed by atoms with Gasteiger partial charge >= 0.3 is 0 Å². The number of aromatic hydroxyl groups is 1. The average molecular weight is 416 g/mol. The smallest absolute Gasteiger partial charge is 0.167 e. The number of hydrogen-bond donors (Lipinski definition) is 3. The molecule has 4 aromatic rings. The number of nitrogens with two attached hydrogens (primary N) is 1. The largest absolute Gasteiger partial charge is 0.504 e. The molecule has 8 nitrogen and oxygen atoms in total. The Morgan fingerprint density at radius 2 is 2.03 bits per heavy atom. The number of anilines is 2. The van der Waals surface area contributed by atoms with E-state index in [2.05, 4.69) is 26.6 Å². The van der Waals surface area contributed by atoms with Crippen molar-refractivity contribution in [3.05, 3.63) is 59.9 Å². The monoisotopic (exact) mass is 416 g/mol. The highest BCUT2D eigenvalue weighted by Gasteiger charge is 2.18. The Bertz CT molecular complexity index is 1290. The van der Waals surface area contributed by atoms with Gasteiger partial charge in [0.2, 0.25) is 0 Å². The number of phenols is 1. The summed E-state index contributed by atoms with van der Waals surface area (Å²) in [6, 6.07) is 14.5. The number of nitrogen functional groups attached to an aromatic ring is 1. The number of nitrogens with one attached hydrogen (secondary N) is 1. The molecule has 30 heavy (non-hydrogen) atoms. The number of hydrazone groups is 1. The standard InChI is InChI=1S/C21H16N6O2S/c1-29-17-7-2-12(8-16(17)28)10-26-27-21-20-18(24-11-25-21)15(9-22)19(30-20)13-3-5-14(23)6-4-13/h2-8,10-11,28H,23H2,1H3,(H,24,25,27). The summed E-state index contributed by atoms with van der Waals surface area (Å²) in [4.78, 5) is 9.33. The van der Waals surface area contributed by atoms with Crippen molar-refractivity contribution in [2.24, 2.45) is 5.10 Å². The van der Waals surface area contributed by atoms with Crippen molar-refractivity contribution in [1.82, 2.24) is 9.97 Å². The van der Waals surface area contributed by atoms with Crippen LogP contribution in [0.2, 0.25) is 0 Å². The molecule has 0 radical (unpaired) electrons. The SMILES string of the molecule is COc1ccc(C=NNc2ncnc3c(C#N)c(-c4ccc(N)cc4)sc23)cc1O. The topological polar surface area (TPSA) is 129 Å². The van der Waals surface area contributed by atoms with Crippen molar-refractivity contribution in [3.63, 3.8) is 0 Å². The first-order chi connectivity index (χ1) is 14.6. The normalized spacial score (nSPS) is 10.9. The molecule has 0 aliphatic heterocycles. The van der Waals surface area contributed by atoms with E-state index in [-0.39, 0.29) is 5.75 Å². The molecule has 0 unspecified atom stereocenters. The number of phenolic OH excluding ortho intramolecular Hbond substituents is 1. The quantitative estimate of drug-likeness (QED) is 0.255. The molecule has 2 aromatic carbocycles. The fraction of sp³-hybridized carbons (Fsp3) is 0.0476. The van der Waals surface area contributed by atoms with E-state index in [4.69, 9.17) is 10.5 Å². The minimum Gasteiger partial charge on any atom is -0.504 e. The summed E-state index contributed by atoms with van der Waals surface area (Å²) in [6.07, 6.45) is 2.94. The lowest BCUT2D eigenvalue weighted by Gasteiger charge is -2.03. The third-order valence-corrected chi connectivity index (χ3v) is 5.58. The Hall–Kier alpha value is -4.16. The van der Waals surface area contributed by atoms with Crippen molar-refractivity contribution in [2.45, 2.75) is 0 Å². The van der Waals surface area contributed by atoms with E-state index < -0.39 is 0 Å². The second kappa shape index (κ2) is 8.06. The van der Waals surface area contributed by atoms with E-state index >= 15 is 0 Å². The van der Waals surface area contributed by atoms with Gasteiger partial charge in [0.25, 0.3) is 0 Å². The number of nitriles is 1. The zero-order valence-corrected chi connectivity index (χ0v) is 16.6. The molecule has 0 spiro atoms. The minimum atomic E-state index is 0.0240. The van der Waals surface area contributed by atoms with Crippen molar-refractivity contribution < 1.29 is 9.84 Å². The summed E-state index contributed by atoms with van der Waals surface area (Å²) in [5, 5.41) is 23.8. The molecule has 0 aliphatic rings. The number of aromatic nitrogens is 2. The molecule has 4 N–H and O–H groups in total. The van der Waals surface area contributed by atoms with Crippen molar-refractivity contribution in [1.29, 1.82) is 5.26 Å². The Labute approximate surface area is 175 Å². The second-order valence-corrected chi connectivity index (χ2v) is 7.26. The summed E-state index contributed by atoms with van der Waals surface area (Å²) in [6.45, 7) is 0. The molecule has 2 heterocycles. The van der Waals surface area contributed by atoms with Crippen LogP contribution in [0.1, 0.15) is 11.1 Å². The van der Waals surface area contributed by atoms with Gasteiger partial charge in [0.05, 0.1) is 28.5 Å². The van der Waals surface area contributed by atoms with Gasteiger partial charge in [-0.15, -0.1) is 11.3 Å². The second-order valence-electron chi connectivity index (χ2n) is 6.24. The molecule has 0 bridgehead atoms. The number of hydrogen-bond acceptors (Lipinski definition) is 9. The van der Waals surface area contributed by atoms with E-state index in [9.17, 15) is 10.4 Å². The molecular formula is C21H16N6O2S. The summed E-state index contributed by atoms with van der Waals surface area (Å²) in [5.41, 5.74) is 11.9. The van der Waals surface area contributed by atoms with Crippen molar-refractivity contribution in [2.75, 3.05) is 18.3 Å². The highest BCUT2D eigenvalue weighted by Crippen LogP contribution is 2.40. The molecule has 0 amide bonds. The third kappa shape index (κ3) is 3.59. The van der Waals surface area contributed by atoms with Gasteiger partial charge in [0, 0.05) is 5.69 Å². The van der Waals surface area contributed by atoms with Gasteiger partial charge in [-0.25, -0.2) is 9.97 Å². The molecule has 9 heteroatoms. The molecule has 0 fully saturated rings. The molecule has 0 saturated heterocycles. The number of nitrogens with zero attached hydrogens (tertiary/aromatic N) is 4. The van der Waals surface area contributed by atoms with E-state index in [1.54, 1.807) is 30.5 Å². The van der Waals surface area contributed by atoms with Crippen LogP contribution in [0.15, 0.2) is 53.9 Å². The number of fused-ring (bicyclic) bond motifs is 1. The lowest BCUT2D eigenvalue weighted by molar-refractivity contribution is 0.373. The zero-order chi connectivity index (χ0) is 21.1. The minimum absolute atomic E-state index is 0.0240. The fourth-order valence-electron chi connectivity index (χ4n) is 2.89. The van der Waals surface area contributed by atoms with Crippen LogP contribution in [-0.2, 0) is 0 Å². The maximum Gasteiger partial charge on any atom is 0.167 e. The highest BCUT2D eigenvalue weighted by atomic mass is 32.1. The van der Waals surface area contributed by atoms with Crippen LogP contribution in [0.4, 0.5) is 11.5 Å². The van der Waals surface area contributed by atoms with E-state index in [0.29, 0.717) is 33.9 Å². The molecule has 148 valence electrons. The first-order valence-corrected chi connectivity index (χ1v) is 9.62. The Morgan fingerprint density at radius 1 is 1.23 bits per heavy atom. The molecule has 4 rings (SSSR count). The van der Waals surface area contributed by atoms with Crippen molar-refractivity contribution >= 4 is 39.3 Å². The number of rotatable bonds is 5. The maximum absolute atomic E-state index is 9.87. The molecule has 0 atom stereocenters. The van der Waals surface area contributed by atoms with E-state index in [1.165, 1.54) is 30.8 Å². The third-order valence-electron chi connectivity index (χ3n) is 4.34. The predicted molar refractivity (Wildman–Crippen MR) is 118 cm³/mol. The van der Waals surface area contributed by atoms with Gasteiger partial charge in [-0.2, -0.15) is 10.4 Å². The number of benzene rings is 2. The predicted octanol–water partition coefficient (Wildman–Crippen LogP) is 3.97. The van der Waals surface area contributed by atoms with Crippen LogP contribution >= 0.6 is 11.3 Å². The Balaban J connectivity index is 1.67. The van der Waals surface area contributed by atoms with Crippen LogP contribution in [0, 0.1) is 11.3 Å². The molecule has 2 aromatic heterocycles. The van der Waals surface area contributed by atoms with Crippen LogP contribution in [-0.4, -0.2) is 28.4 Å². The van der Waals surface area contributed by atoms with Gasteiger partial charge in [-0.05, 0) is 41.5 Å². The van der Waals surface area contributed by atoms with Gasteiger partial charge in [-0.3, -0.25) is 5.43 Å². The summed E-state index contributed by atoms with van der Waals surface area (Å²) < 4.78 is 5.75. The average Bonchev–Trinajstić information content (AvgIpc) is 3.14. The Kier molecular flexibility index (Phi) is 5.15. The molecule has 0 aliphatic carbocycles. The molecular weight excluding hydrogens is 400 g/mol. The first-order valence-electron chi connectivity index (χ1n) is 8.80. The van der Waals surface area contributed by atoms with Gasteiger partial charge in [-0.1, -0.05) is 12.1 Å². The number of thiophene rings is 1.